The van der Waals surface area contributed by atoms with E-state index in [9.17, 15) is 8.42 Å². The van der Waals surface area contributed by atoms with Crippen molar-refractivity contribution in [1.82, 2.24) is 13.6 Å². The van der Waals surface area contributed by atoms with Gasteiger partial charge in [0.25, 0.3) is 0 Å². The quantitative estimate of drug-likeness (QED) is 0.255. The highest BCUT2D eigenvalue weighted by Gasteiger charge is 2.44. The van der Waals surface area contributed by atoms with Gasteiger partial charge < -0.3 is 5.32 Å². The number of hydrogen-bond donors (Lipinski definition) is 1. The minimum atomic E-state index is -3.63. The molecule has 2 saturated heterocycles. The summed E-state index contributed by atoms with van der Waals surface area (Å²) >= 11 is 12.5. The fourth-order valence-corrected chi connectivity index (χ4v) is 12.4. The second-order valence-electron chi connectivity index (χ2n) is 11.2. The van der Waals surface area contributed by atoms with E-state index >= 15 is 0 Å². The second kappa shape index (κ2) is 13.9. The van der Waals surface area contributed by atoms with Crippen molar-refractivity contribution in [3.05, 3.63) is 23.2 Å². The minimum absolute atomic E-state index is 0.106. The lowest BCUT2D eigenvalue weighted by Crippen LogP contribution is -2.42. The largest absolute Gasteiger partial charge is 0.330 e. The summed E-state index contributed by atoms with van der Waals surface area (Å²) in [5.41, 5.74) is 0.479. The molecule has 1 aromatic rings. The maximum atomic E-state index is 13.2. The van der Waals surface area contributed by atoms with Gasteiger partial charge in [-0.15, -0.1) is 0 Å². The number of rotatable bonds is 7. The standard InChI is InChI=1S/C27H47ClN5O2PS2/c1-6-33(7-2)38(34,35)23-16-17-24(28)25(22-23)29-26(37)30-36(27(3,4)5,31-18-12-8-9-13-19-31)32-20-14-10-11-15-21-32/h16-17,22H,6-15,18-21H2,1-5H3,(H,29,37). The molecule has 38 heavy (non-hydrogen) atoms. The summed E-state index contributed by atoms with van der Waals surface area (Å²) in [6.07, 6.45) is 9.74. The molecule has 1 aromatic carbocycles. The predicted molar refractivity (Wildman–Crippen MR) is 167 cm³/mol. The van der Waals surface area contributed by atoms with E-state index < -0.39 is 17.4 Å². The number of nitrogens with zero attached hydrogens (tertiary/aromatic N) is 4. The van der Waals surface area contributed by atoms with Crippen molar-refractivity contribution >= 4 is 52.0 Å². The summed E-state index contributed by atoms with van der Waals surface area (Å²) in [7, 11) is -5.87. The zero-order valence-corrected chi connectivity index (χ0v) is 27.2. The van der Waals surface area contributed by atoms with Crippen molar-refractivity contribution in [1.29, 1.82) is 0 Å². The number of sulfonamides is 1. The normalized spacial score (nSPS) is 19.1. The van der Waals surface area contributed by atoms with Crippen molar-refractivity contribution in [2.24, 2.45) is 4.74 Å². The van der Waals surface area contributed by atoms with Crippen molar-refractivity contribution in [2.75, 3.05) is 44.6 Å². The average molecular weight is 604 g/mol. The van der Waals surface area contributed by atoms with Crippen molar-refractivity contribution in [3.63, 3.8) is 0 Å². The van der Waals surface area contributed by atoms with E-state index in [1.54, 1.807) is 18.2 Å². The first kappa shape index (κ1) is 32.0. The topological polar surface area (TPSA) is 68.2 Å². The zero-order chi connectivity index (χ0) is 28.0. The Kier molecular flexibility index (Phi) is 11.7. The van der Waals surface area contributed by atoms with E-state index in [1.807, 2.05) is 13.8 Å². The molecule has 0 amide bonds. The first-order chi connectivity index (χ1) is 18.0. The summed E-state index contributed by atoms with van der Waals surface area (Å²) in [6, 6.07) is 4.77. The Morgan fingerprint density at radius 1 is 0.974 bits per heavy atom. The number of thiocarbonyl (C=S) groups is 1. The molecule has 0 bridgehead atoms. The van der Waals surface area contributed by atoms with Gasteiger partial charge in [-0.05, 0) is 56.1 Å². The van der Waals surface area contributed by atoms with Gasteiger partial charge in [0, 0.05) is 44.4 Å². The van der Waals surface area contributed by atoms with Crippen LogP contribution in [-0.2, 0) is 10.0 Å². The van der Waals surface area contributed by atoms with E-state index in [0.29, 0.717) is 28.9 Å². The lowest BCUT2D eigenvalue weighted by atomic mass is 10.2. The lowest BCUT2D eigenvalue weighted by molar-refractivity contribution is 0.368. The highest BCUT2D eigenvalue weighted by atomic mass is 35.5. The Morgan fingerprint density at radius 2 is 1.45 bits per heavy atom. The molecular formula is C27H47ClN5O2PS2. The van der Waals surface area contributed by atoms with Gasteiger partial charge in [0.2, 0.25) is 10.0 Å². The second-order valence-corrected chi connectivity index (χ2v) is 17.8. The van der Waals surface area contributed by atoms with Crippen LogP contribution in [0.25, 0.3) is 0 Å². The molecule has 2 fully saturated rings. The Hall–Kier alpha value is -0.540. The molecule has 0 unspecified atom stereocenters. The monoisotopic (exact) mass is 603 g/mol. The summed E-state index contributed by atoms with van der Waals surface area (Å²) in [5, 5.41) is 3.95. The zero-order valence-electron chi connectivity index (χ0n) is 23.9. The first-order valence-electron chi connectivity index (χ1n) is 14.2. The van der Waals surface area contributed by atoms with Crippen LogP contribution < -0.4 is 5.32 Å². The Bertz CT molecular complexity index is 1080. The average Bonchev–Trinajstić information content (AvgIpc) is 3.30. The van der Waals surface area contributed by atoms with Crippen LogP contribution in [-0.4, -0.2) is 71.6 Å². The van der Waals surface area contributed by atoms with Crippen LogP contribution in [0.3, 0.4) is 0 Å². The van der Waals surface area contributed by atoms with Crippen LogP contribution >= 0.6 is 31.2 Å². The van der Waals surface area contributed by atoms with Crippen LogP contribution in [0.4, 0.5) is 5.69 Å². The number of halogens is 1. The number of benzene rings is 1. The van der Waals surface area contributed by atoms with Gasteiger partial charge in [-0.25, -0.2) is 13.2 Å². The van der Waals surface area contributed by atoms with Gasteiger partial charge in [-0.3, -0.25) is 9.34 Å². The highest BCUT2D eigenvalue weighted by molar-refractivity contribution is 7.89. The van der Waals surface area contributed by atoms with Gasteiger partial charge in [0.1, 0.15) is 7.36 Å². The third-order valence-corrected chi connectivity index (χ3v) is 15.0. The summed E-state index contributed by atoms with van der Waals surface area (Å²) in [5.74, 6) is 0. The molecule has 2 aliphatic heterocycles. The molecule has 1 N–H and O–H groups in total. The molecule has 2 heterocycles. The van der Waals surface area contributed by atoms with E-state index in [4.69, 9.17) is 28.6 Å². The molecule has 11 heteroatoms. The summed E-state index contributed by atoms with van der Waals surface area (Å²) in [6.45, 7) is 15.6. The smallest absolute Gasteiger partial charge is 0.243 e. The lowest BCUT2D eigenvalue weighted by Gasteiger charge is -2.50. The maximum absolute atomic E-state index is 13.2. The molecule has 0 atom stereocenters. The van der Waals surface area contributed by atoms with Gasteiger partial charge in [0.05, 0.1) is 15.6 Å². The molecule has 0 aliphatic carbocycles. The minimum Gasteiger partial charge on any atom is -0.330 e. The summed E-state index contributed by atoms with van der Waals surface area (Å²) < 4.78 is 38.6. The van der Waals surface area contributed by atoms with Crippen LogP contribution in [0, 0.1) is 0 Å². The molecule has 3 rings (SSSR count). The van der Waals surface area contributed by atoms with E-state index in [2.05, 4.69) is 35.4 Å². The van der Waals surface area contributed by atoms with Crippen molar-refractivity contribution in [3.8, 4) is 0 Å². The summed E-state index contributed by atoms with van der Waals surface area (Å²) in [4.78, 5) is 0.202. The maximum Gasteiger partial charge on any atom is 0.243 e. The van der Waals surface area contributed by atoms with Crippen LogP contribution in [0.2, 0.25) is 5.02 Å². The van der Waals surface area contributed by atoms with E-state index in [-0.39, 0.29) is 10.1 Å². The first-order valence-corrected chi connectivity index (χ1v) is 18.1. The van der Waals surface area contributed by atoms with Gasteiger partial charge in [0.15, 0.2) is 5.11 Å². The SMILES string of the molecule is CCN(CC)S(=O)(=O)c1ccc(Cl)c(NC(=S)N=P(N2CCCCCC2)(N2CCCCCC2)C(C)(C)C)c1. The van der Waals surface area contributed by atoms with E-state index in [0.717, 1.165) is 26.2 Å². The van der Waals surface area contributed by atoms with Crippen molar-refractivity contribution < 1.29 is 8.42 Å². The number of hydrogen-bond acceptors (Lipinski definition) is 3. The predicted octanol–water partition coefficient (Wildman–Crippen LogP) is 7.65. The molecular weight excluding hydrogens is 557 g/mol. The molecule has 216 valence electrons. The molecule has 0 spiro atoms. The van der Waals surface area contributed by atoms with Crippen LogP contribution in [0.15, 0.2) is 27.8 Å². The fraction of sp³-hybridized carbons (Fsp3) is 0.741. The highest BCUT2D eigenvalue weighted by Crippen LogP contribution is 2.67. The Morgan fingerprint density at radius 3 is 1.87 bits per heavy atom. The molecule has 2 aliphatic rings. The Labute approximate surface area is 241 Å². The fourth-order valence-electron chi connectivity index (χ4n) is 5.71. The Balaban J connectivity index is 2.08. The molecule has 0 saturated carbocycles. The van der Waals surface area contributed by atoms with Gasteiger partial charge in [-0.2, -0.15) is 4.31 Å². The van der Waals surface area contributed by atoms with E-state index in [1.165, 1.54) is 55.7 Å². The molecule has 0 aromatic heterocycles. The van der Waals surface area contributed by atoms with Crippen LogP contribution in [0.5, 0.6) is 0 Å². The third-order valence-electron chi connectivity index (χ3n) is 7.61. The van der Waals surface area contributed by atoms with Crippen molar-refractivity contribution in [2.45, 2.75) is 96.0 Å². The van der Waals surface area contributed by atoms with Gasteiger partial charge in [-0.1, -0.05) is 71.9 Å². The molecule has 7 nitrogen and oxygen atoms in total. The van der Waals surface area contributed by atoms with Crippen LogP contribution in [0.1, 0.15) is 86.0 Å². The number of nitrogens with one attached hydrogen (secondary N) is 1. The molecule has 0 radical (unpaired) electrons. The van der Waals surface area contributed by atoms with Gasteiger partial charge >= 0.3 is 0 Å². The number of anilines is 1. The third kappa shape index (κ3) is 7.20.